The Labute approximate surface area is 104 Å². The number of anilines is 1. The van der Waals surface area contributed by atoms with Crippen LogP contribution >= 0.6 is 0 Å². The third-order valence-corrected chi connectivity index (χ3v) is 2.71. The number of rotatable bonds is 3. The maximum atomic E-state index is 4.38. The molecule has 0 amide bonds. The van der Waals surface area contributed by atoms with Crippen LogP contribution in [0.15, 0.2) is 42.9 Å². The van der Waals surface area contributed by atoms with Crippen LogP contribution in [-0.4, -0.2) is 26.3 Å². The van der Waals surface area contributed by atoms with Gasteiger partial charge in [0.2, 0.25) is 0 Å². The molecule has 1 aromatic carbocycles. The lowest BCUT2D eigenvalue weighted by Gasteiger charge is -2.04. The molecule has 90 valence electrons. The highest BCUT2D eigenvalue weighted by atomic mass is 15.3. The lowest BCUT2D eigenvalue weighted by atomic mass is 10.3. The molecule has 0 atom stereocenters. The van der Waals surface area contributed by atoms with E-state index in [2.05, 4.69) is 20.4 Å². The number of fused-ring (bicyclic) bond motifs is 1. The minimum Gasteiger partial charge on any atom is -0.370 e. The van der Waals surface area contributed by atoms with Gasteiger partial charge in [0.15, 0.2) is 5.65 Å². The minimum absolute atomic E-state index is 0.812. The van der Waals surface area contributed by atoms with Gasteiger partial charge in [0.05, 0.1) is 17.3 Å². The average Bonchev–Trinajstić information content (AvgIpc) is 2.85. The largest absolute Gasteiger partial charge is 0.370 e. The average molecular weight is 239 g/mol. The summed E-state index contributed by atoms with van der Waals surface area (Å²) in [5, 5.41) is 8.53. The molecule has 5 heteroatoms. The van der Waals surface area contributed by atoms with E-state index in [1.165, 1.54) is 0 Å². The normalized spacial score (nSPS) is 10.7. The molecule has 2 heterocycles. The standard InChI is InChI=1S/C13H13N5/c1-2-14-12-11-8-17-18(13(11)16-9-15-12)10-6-4-3-5-7-10/h3-9H,2H2,1H3,(H,14,15,16). The second-order valence-corrected chi connectivity index (χ2v) is 3.88. The maximum Gasteiger partial charge on any atom is 0.168 e. The Bertz CT molecular complexity index is 659. The van der Waals surface area contributed by atoms with Gasteiger partial charge in [-0.1, -0.05) is 18.2 Å². The van der Waals surface area contributed by atoms with E-state index in [0.29, 0.717) is 0 Å². The number of nitrogens with zero attached hydrogens (tertiary/aromatic N) is 4. The zero-order chi connectivity index (χ0) is 12.4. The molecule has 5 nitrogen and oxygen atoms in total. The summed E-state index contributed by atoms with van der Waals surface area (Å²) < 4.78 is 1.82. The van der Waals surface area contributed by atoms with Crippen LogP contribution in [0.4, 0.5) is 5.82 Å². The van der Waals surface area contributed by atoms with Crippen molar-refractivity contribution in [3.8, 4) is 5.69 Å². The van der Waals surface area contributed by atoms with Gasteiger partial charge in [-0.15, -0.1) is 0 Å². The van der Waals surface area contributed by atoms with Crippen molar-refractivity contribution in [3.05, 3.63) is 42.9 Å². The monoisotopic (exact) mass is 239 g/mol. The van der Waals surface area contributed by atoms with E-state index in [4.69, 9.17) is 0 Å². The molecular formula is C13H13N5. The molecule has 0 aliphatic heterocycles. The maximum absolute atomic E-state index is 4.38. The van der Waals surface area contributed by atoms with Crippen LogP contribution < -0.4 is 5.32 Å². The first-order chi connectivity index (χ1) is 8.90. The first kappa shape index (κ1) is 10.7. The zero-order valence-electron chi connectivity index (χ0n) is 10.0. The van der Waals surface area contributed by atoms with Crippen LogP contribution in [0.2, 0.25) is 0 Å². The molecule has 0 fully saturated rings. The molecule has 3 rings (SSSR count). The van der Waals surface area contributed by atoms with Gasteiger partial charge in [-0.25, -0.2) is 14.6 Å². The van der Waals surface area contributed by atoms with Crippen molar-refractivity contribution in [2.45, 2.75) is 6.92 Å². The van der Waals surface area contributed by atoms with Gasteiger partial charge in [0.1, 0.15) is 12.1 Å². The quantitative estimate of drug-likeness (QED) is 0.761. The van der Waals surface area contributed by atoms with Crippen molar-refractivity contribution in [1.82, 2.24) is 19.7 Å². The molecule has 0 saturated carbocycles. The lowest BCUT2D eigenvalue weighted by Crippen LogP contribution is -2.01. The Kier molecular flexibility index (Phi) is 2.64. The van der Waals surface area contributed by atoms with Gasteiger partial charge in [-0.05, 0) is 19.1 Å². The predicted octanol–water partition coefficient (Wildman–Crippen LogP) is 2.25. The fourth-order valence-electron chi connectivity index (χ4n) is 1.91. The molecule has 0 radical (unpaired) electrons. The minimum atomic E-state index is 0.812. The van der Waals surface area contributed by atoms with Crippen molar-refractivity contribution >= 4 is 16.9 Å². The van der Waals surface area contributed by atoms with Gasteiger partial charge in [0.25, 0.3) is 0 Å². The van der Waals surface area contributed by atoms with E-state index in [9.17, 15) is 0 Å². The molecule has 0 aliphatic rings. The molecule has 3 aromatic rings. The molecule has 0 bridgehead atoms. The predicted molar refractivity (Wildman–Crippen MR) is 70.8 cm³/mol. The number of hydrogen-bond donors (Lipinski definition) is 1. The fraction of sp³-hybridized carbons (Fsp3) is 0.154. The van der Waals surface area contributed by atoms with E-state index in [1.807, 2.05) is 41.9 Å². The Morgan fingerprint density at radius 3 is 2.78 bits per heavy atom. The lowest BCUT2D eigenvalue weighted by molar-refractivity contribution is 0.895. The van der Waals surface area contributed by atoms with E-state index >= 15 is 0 Å². The first-order valence-corrected chi connectivity index (χ1v) is 5.88. The topological polar surface area (TPSA) is 55.6 Å². The summed E-state index contributed by atoms with van der Waals surface area (Å²) in [5.74, 6) is 0.824. The van der Waals surface area contributed by atoms with Crippen LogP contribution in [0.3, 0.4) is 0 Å². The van der Waals surface area contributed by atoms with E-state index in [0.717, 1.165) is 29.1 Å². The third kappa shape index (κ3) is 1.69. The Morgan fingerprint density at radius 1 is 1.17 bits per heavy atom. The van der Waals surface area contributed by atoms with E-state index < -0.39 is 0 Å². The van der Waals surface area contributed by atoms with Crippen LogP contribution in [0.5, 0.6) is 0 Å². The van der Waals surface area contributed by atoms with Crippen molar-refractivity contribution in [2.75, 3.05) is 11.9 Å². The molecule has 1 N–H and O–H groups in total. The van der Waals surface area contributed by atoms with Gasteiger partial charge in [0, 0.05) is 6.54 Å². The van der Waals surface area contributed by atoms with Crippen molar-refractivity contribution in [3.63, 3.8) is 0 Å². The van der Waals surface area contributed by atoms with Crippen molar-refractivity contribution in [2.24, 2.45) is 0 Å². The van der Waals surface area contributed by atoms with Crippen LogP contribution in [0, 0.1) is 0 Å². The van der Waals surface area contributed by atoms with Gasteiger partial charge < -0.3 is 5.32 Å². The molecule has 0 spiro atoms. The number of para-hydroxylation sites is 1. The van der Waals surface area contributed by atoms with Gasteiger partial charge in [-0.2, -0.15) is 5.10 Å². The van der Waals surface area contributed by atoms with Crippen LogP contribution in [0.25, 0.3) is 16.7 Å². The summed E-state index contributed by atoms with van der Waals surface area (Å²) in [6.07, 6.45) is 3.35. The number of nitrogens with one attached hydrogen (secondary N) is 1. The fourth-order valence-corrected chi connectivity index (χ4v) is 1.91. The highest BCUT2D eigenvalue weighted by molar-refractivity contribution is 5.87. The highest BCUT2D eigenvalue weighted by Gasteiger charge is 2.09. The van der Waals surface area contributed by atoms with Crippen LogP contribution in [-0.2, 0) is 0 Å². The van der Waals surface area contributed by atoms with E-state index in [1.54, 1.807) is 12.5 Å². The van der Waals surface area contributed by atoms with Crippen molar-refractivity contribution in [1.29, 1.82) is 0 Å². The molecule has 2 aromatic heterocycles. The zero-order valence-corrected chi connectivity index (χ0v) is 10.0. The summed E-state index contributed by atoms with van der Waals surface area (Å²) in [6, 6.07) is 9.95. The van der Waals surface area contributed by atoms with Crippen molar-refractivity contribution < 1.29 is 0 Å². The Balaban J connectivity index is 2.18. The molecule has 0 aliphatic carbocycles. The van der Waals surface area contributed by atoms with Gasteiger partial charge >= 0.3 is 0 Å². The Morgan fingerprint density at radius 2 is 2.00 bits per heavy atom. The highest BCUT2D eigenvalue weighted by Crippen LogP contribution is 2.20. The smallest absolute Gasteiger partial charge is 0.168 e. The number of hydrogen-bond acceptors (Lipinski definition) is 4. The second kappa shape index (κ2) is 4.44. The first-order valence-electron chi connectivity index (χ1n) is 5.88. The third-order valence-electron chi connectivity index (χ3n) is 2.71. The Hall–Kier alpha value is -2.43. The summed E-state index contributed by atoms with van der Waals surface area (Å²) in [7, 11) is 0. The summed E-state index contributed by atoms with van der Waals surface area (Å²) >= 11 is 0. The summed E-state index contributed by atoms with van der Waals surface area (Å²) in [4.78, 5) is 8.54. The number of benzene rings is 1. The second-order valence-electron chi connectivity index (χ2n) is 3.88. The molecular weight excluding hydrogens is 226 g/mol. The summed E-state index contributed by atoms with van der Waals surface area (Å²) in [5.41, 5.74) is 1.81. The van der Waals surface area contributed by atoms with E-state index in [-0.39, 0.29) is 0 Å². The SMILES string of the molecule is CCNc1ncnc2c1cnn2-c1ccccc1. The summed E-state index contributed by atoms with van der Waals surface area (Å²) in [6.45, 7) is 2.86. The molecule has 0 saturated heterocycles. The molecule has 18 heavy (non-hydrogen) atoms. The van der Waals surface area contributed by atoms with Gasteiger partial charge in [-0.3, -0.25) is 0 Å². The molecule has 0 unspecified atom stereocenters. The van der Waals surface area contributed by atoms with Crippen LogP contribution in [0.1, 0.15) is 6.92 Å². The number of aromatic nitrogens is 4.